The second-order valence-corrected chi connectivity index (χ2v) is 4.23. The minimum Gasteiger partial charge on any atom is -0.481 e. The molecule has 1 atom stereocenters. The lowest BCUT2D eigenvalue weighted by atomic mass is 9.83. The largest absolute Gasteiger partial charge is 0.481 e. The van der Waals surface area contributed by atoms with Crippen LogP contribution in [-0.2, 0) is 4.79 Å². The van der Waals surface area contributed by atoms with E-state index in [1.165, 1.54) is 32.1 Å². The molecule has 0 amide bonds. The van der Waals surface area contributed by atoms with Gasteiger partial charge in [-0.25, -0.2) is 0 Å². The summed E-state index contributed by atoms with van der Waals surface area (Å²) in [5.41, 5.74) is 0. The Kier molecular flexibility index (Phi) is 4.26. The van der Waals surface area contributed by atoms with E-state index in [1.807, 2.05) is 6.92 Å². The second-order valence-electron chi connectivity index (χ2n) is 4.23. The Morgan fingerprint density at radius 3 is 2.08 bits per heavy atom. The van der Waals surface area contributed by atoms with Gasteiger partial charge in [-0.2, -0.15) is 0 Å². The minimum absolute atomic E-state index is 0.141. The van der Waals surface area contributed by atoms with Crippen molar-refractivity contribution in [3.63, 3.8) is 0 Å². The molecule has 0 aliphatic heterocycles. The molecular formula is C11H20O2. The Morgan fingerprint density at radius 1 is 1.15 bits per heavy atom. The van der Waals surface area contributed by atoms with Gasteiger partial charge in [-0.1, -0.05) is 39.0 Å². The molecular weight excluding hydrogens is 164 g/mol. The van der Waals surface area contributed by atoms with Crippen molar-refractivity contribution < 1.29 is 9.90 Å². The van der Waals surface area contributed by atoms with Gasteiger partial charge in [0.1, 0.15) is 0 Å². The predicted octanol–water partition coefficient (Wildman–Crippen LogP) is 3.07. The molecule has 0 aromatic carbocycles. The van der Waals surface area contributed by atoms with E-state index in [2.05, 4.69) is 0 Å². The SMILES string of the molecule is C[C@@H](C(=O)O)C1CCCCCCC1. The van der Waals surface area contributed by atoms with Crippen molar-refractivity contribution in [1.82, 2.24) is 0 Å². The summed E-state index contributed by atoms with van der Waals surface area (Å²) >= 11 is 0. The molecule has 1 aliphatic rings. The molecule has 0 bridgehead atoms. The Hall–Kier alpha value is -0.530. The molecule has 1 N–H and O–H groups in total. The van der Waals surface area contributed by atoms with Crippen LogP contribution in [0.3, 0.4) is 0 Å². The van der Waals surface area contributed by atoms with E-state index in [-0.39, 0.29) is 5.92 Å². The zero-order valence-electron chi connectivity index (χ0n) is 8.46. The van der Waals surface area contributed by atoms with Gasteiger partial charge in [0.25, 0.3) is 0 Å². The summed E-state index contributed by atoms with van der Waals surface area (Å²) < 4.78 is 0. The summed E-state index contributed by atoms with van der Waals surface area (Å²) in [6.07, 6.45) is 8.62. The molecule has 1 rings (SSSR count). The lowest BCUT2D eigenvalue weighted by Crippen LogP contribution is -2.21. The fourth-order valence-electron chi connectivity index (χ4n) is 2.19. The van der Waals surface area contributed by atoms with Gasteiger partial charge in [-0.3, -0.25) is 4.79 Å². The average molecular weight is 184 g/mol. The Bertz CT molecular complexity index is 157. The average Bonchev–Trinajstić information content (AvgIpc) is 2.02. The predicted molar refractivity (Wildman–Crippen MR) is 52.6 cm³/mol. The number of carboxylic acid groups (broad SMARTS) is 1. The molecule has 1 saturated carbocycles. The first-order valence-electron chi connectivity index (χ1n) is 5.44. The fraction of sp³-hybridized carbons (Fsp3) is 0.909. The fourth-order valence-corrected chi connectivity index (χ4v) is 2.19. The molecule has 1 fully saturated rings. The standard InChI is InChI=1S/C11H20O2/c1-9(11(12)13)10-7-5-3-2-4-6-8-10/h9-10H,2-8H2,1H3,(H,12,13)/t9-/m1/s1. The van der Waals surface area contributed by atoms with Crippen LogP contribution in [0.5, 0.6) is 0 Å². The van der Waals surface area contributed by atoms with Gasteiger partial charge in [0.15, 0.2) is 0 Å². The lowest BCUT2D eigenvalue weighted by Gasteiger charge is -2.22. The number of carboxylic acids is 1. The van der Waals surface area contributed by atoms with Crippen molar-refractivity contribution in [2.24, 2.45) is 11.8 Å². The van der Waals surface area contributed by atoms with Gasteiger partial charge in [0.2, 0.25) is 0 Å². The smallest absolute Gasteiger partial charge is 0.306 e. The summed E-state index contributed by atoms with van der Waals surface area (Å²) in [5.74, 6) is -0.332. The van der Waals surface area contributed by atoms with E-state index in [9.17, 15) is 4.79 Å². The first-order chi connectivity index (χ1) is 6.22. The molecule has 0 aromatic heterocycles. The van der Waals surface area contributed by atoms with Crippen LogP contribution in [0.4, 0.5) is 0 Å². The Labute approximate surface area is 80.3 Å². The minimum atomic E-state index is -0.620. The van der Waals surface area contributed by atoms with Crippen molar-refractivity contribution in [2.75, 3.05) is 0 Å². The third-order valence-corrected chi connectivity index (χ3v) is 3.25. The summed E-state index contributed by atoms with van der Waals surface area (Å²) in [6, 6.07) is 0. The lowest BCUT2D eigenvalue weighted by molar-refractivity contribution is -0.143. The van der Waals surface area contributed by atoms with Crippen LogP contribution in [0.1, 0.15) is 51.9 Å². The highest BCUT2D eigenvalue weighted by Gasteiger charge is 2.23. The molecule has 2 heteroatoms. The molecule has 0 aromatic rings. The van der Waals surface area contributed by atoms with E-state index in [0.29, 0.717) is 5.92 Å². The maximum absolute atomic E-state index is 10.8. The third kappa shape index (κ3) is 3.37. The normalized spacial score (nSPS) is 23.2. The second kappa shape index (κ2) is 5.25. The summed E-state index contributed by atoms with van der Waals surface area (Å²) in [5, 5.41) is 8.90. The number of rotatable bonds is 2. The Morgan fingerprint density at radius 2 is 1.62 bits per heavy atom. The van der Waals surface area contributed by atoms with Crippen molar-refractivity contribution in [3.05, 3.63) is 0 Å². The molecule has 0 radical (unpaired) electrons. The van der Waals surface area contributed by atoms with E-state index in [4.69, 9.17) is 5.11 Å². The highest BCUT2D eigenvalue weighted by Crippen LogP contribution is 2.28. The van der Waals surface area contributed by atoms with Crippen LogP contribution >= 0.6 is 0 Å². The van der Waals surface area contributed by atoms with E-state index in [0.717, 1.165) is 12.8 Å². The first-order valence-corrected chi connectivity index (χ1v) is 5.44. The molecule has 0 saturated heterocycles. The molecule has 1 aliphatic carbocycles. The Balaban J connectivity index is 2.40. The molecule has 0 heterocycles. The van der Waals surface area contributed by atoms with Crippen LogP contribution in [0, 0.1) is 11.8 Å². The van der Waals surface area contributed by atoms with Gasteiger partial charge in [0, 0.05) is 0 Å². The maximum Gasteiger partial charge on any atom is 0.306 e. The quantitative estimate of drug-likeness (QED) is 0.716. The summed E-state index contributed by atoms with van der Waals surface area (Å²) in [7, 11) is 0. The topological polar surface area (TPSA) is 37.3 Å². The highest BCUT2D eigenvalue weighted by molar-refractivity contribution is 5.69. The number of hydrogen-bond donors (Lipinski definition) is 1. The van der Waals surface area contributed by atoms with Gasteiger partial charge in [-0.15, -0.1) is 0 Å². The molecule has 13 heavy (non-hydrogen) atoms. The van der Waals surface area contributed by atoms with Gasteiger partial charge >= 0.3 is 5.97 Å². The van der Waals surface area contributed by atoms with Crippen molar-refractivity contribution >= 4 is 5.97 Å². The molecule has 0 spiro atoms. The van der Waals surface area contributed by atoms with E-state index in [1.54, 1.807) is 0 Å². The van der Waals surface area contributed by atoms with Crippen LogP contribution < -0.4 is 0 Å². The molecule has 0 unspecified atom stereocenters. The van der Waals surface area contributed by atoms with Crippen LogP contribution in [0.2, 0.25) is 0 Å². The summed E-state index contributed by atoms with van der Waals surface area (Å²) in [6.45, 7) is 1.86. The highest BCUT2D eigenvalue weighted by atomic mass is 16.4. The van der Waals surface area contributed by atoms with Crippen molar-refractivity contribution in [2.45, 2.75) is 51.9 Å². The monoisotopic (exact) mass is 184 g/mol. The molecule has 2 nitrogen and oxygen atoms in total. The van der Waals surface area contributed by atoms with Gasteiger partial charge in [-0.05, 0) is 18.8 Å². The summed E-state index contributed by atoms with van der Waals surface area (Å²) in [4.78, 5) is 10.8. The van der Waals surface area contributed by atoms with Crippen LogP contribution in [0.15, 0.2) is 0 Å². The van der Waals surface area contributed by atoms with Gasteiger partial charge < -0.3 is 5.11 Å². The zero-order valence-corrected chi connectivity index (χ0v) is 8.46. The number of hydrogen-bond acceptors (Lipinski definition) is 1. The maximum atomic E-state index is 10.8. The van der Waals surface area contributed by atoms with Crippen molar-refractivity contribution in [3.8, 4) is 0 Å². The van der Waals surface area contributed by atoms with Gasteiger partial charge in [0.05, 0.1) is 5.92 Å². The van der Waals surface area contributed by atoms with E-state index >= 15 is 0 Å². The zero-order chi connectivity index (χ0) is 9.68. The van der Waals surface area contributed by atoms with Crippen LogP contribution in [-0.4, -0.2) is 11.1 Å². The third-order valence-electron chi connectivity index (χ3n) is 3.25. The first kappa shape index (κ1) is 10.6. The number of aliphatic carboxylic acids is 1. The van der Waals surface area contributed by atoms with E-state index < -0.39 is 5.97 Å². The number of carbonyl (C=O) groups is 1. The van der Waals surface area contributed by atoms with Crippen LogP contribution in [0.25, 0.3) is 0 Å². The van der Waals surface area contributed by atoms with Crippen molar-refractivity contribution in [1.29, 1.82) is 0 Å². The molecule has 76 valence electrons.